The van der Waals surface area contributed by atoms with E-state index in [9.17, 15) is 4.79 Å². The van der Waals surface area contributed by atoms with Gasteiger partial charge in [0.1, 0.15) is 5.82 Å². The number of nitrogens with one attached hydrogen (secondary N) is 2. The molecule has 3 rings (SSSR count). The predicted molar refractivity (Wildman–Crippen MR) is 113 cm³/mol. The Balaban J connectivity index is 1.47. The van der Waals surface area contributed by atoms with Gasteiger partial charge in [-0.2, -0.15) is 4.98 Å². The van der Waals surface area contributed by atoms with Crippen LogP contribution in [-0.2, 0) is 11.3 Å². The smallest absolute Gasteiger partial charge is 0.225 e. The van der Waals surface area contributed by atoms with E-state index in [1.54, 1.807) is 0 Å². The van der Waals surface area contributed by atoms with Crippen LogP contribution in [0.5, 0.6) is 0 Å². The number of aromatic nitrogens is 2. The first kappa shape index (κ1) is 20.1. The minimum atomic E-state index is 0.0965. The number of benzene rings is 1. The second-order valence-corrected chi connectivity index (χ2v) is 7.98. The molecule has 2 aromatic rings. The van der Waals surface area contributed by atoms with Gasteiger partial charge < -0.3 is 15.5 Å². The Morgan fingerprint density at radius 3 is 2.39 bits per heavy atom. The van der Waals surface area contributed by atoms with Gasteiger partial charge in [-0.1, -0.05) is 29.8 Å². The Kier molecular flexibility index (Phi) is 6.49. The van der Waals surface area contributed by atoms with Gasteiger partial charge >= 0.3 is 0 Å². The maximum absolute atomic E-state index is 12.5. The largest absolute Gasteiger partial charge is 0.363 e. The second-order valence-electron chi connectivity index (χ2n) is 7.98. The number of hydrogen-bond donors (Lipinski definition) is 2. The molecule has 1 aromatic carbocycles. The standard InChI is InChI=1S/C22H31N5O/c1-15-5-7-17(8-6-15)14-23-21(28)18-9-11-19(12-10-18)25-22-24-16(2)13-20(26-22)27(3)4/h5-8,13,18-19H,9-12,14H2,1-4H3,(H,23,28)(H,24,25,26). The highest BCUT2D eigenvalue weighted by Crippen LogP contribution is 2.26. The highest BCUT2D eigenvalue weighted by molar-refractivity contribution is 5.78. The van der Waals surface area contributed by atoms with Crippen LogP contribution in [0, 0.1) is 19.8 Å². The zero-order valence-electron chi connectivity index (χ0n) is 17.3. The van der Waals surface area contributed by atoms with Crippen molar-refractivity contribution < 1.29 is 4.79 Å². The molecule has 1 fully saturated rings. The van der Waals surface area contributed by atoms with E-state index in [4.69, 9.17) is 0 Å². The number of rotatable bonds is 6. The van der Waals surface area contributed by atoms with Crippen LogP contribution < -0.4 is 15.5 Å². The van der Waals surface area contributed by atoms with Gasteiger partial charge in [0.15, 0.2) is 0 Å². The van der Waals surface area contributed by atoms with E-state index < -0.39 is 0 Å². The van der Waals surface area contributed by atoms with Crippen molar-refractivity contribution in [2.75, 3.05) is 24.3 Å². The van der Waals surface area contributed by atoms with E-state index >= 15 is 0 Å². The van der Waals surface area contributed by atoms with Gasteiger partial charge in [0.2, 0.25) is 11.9 Å². The Labute approximate surface area is 167 Å². The summed E-state index contributed by atoms with van der Waals surface area (Å²) < 4.78 is 0. The van der Waals surface area contributed by atoms with E-state index in [2.05, 4.69) is 51.8 Å². The molecule has 28 heavy (non-hydrogen) atoms. The van der Waals surface area contributed by atoms with Crippen molar-refractivity contribution in [3.63, 3.8) is 0 Å². The molecule has 0 aliphatic heterocycles. The van der Waals surface area contributed by atoms with Crippen LogP contribution in [0.25, 0.3) is 0 Å². The fourth-order valence-electron chi connectivity index (χ4n) is 3.57. The third kappa shape index (κ3) is 5.44. The van der Waals surface area contributed by atoms with E-state index in [1.165, 1.54) is 5.56 Å². The zero-order chi connectivity index (χ0) is 20.1. The minimum absolute atomic E-state index is 0.0965. The number of aryl methyl sites for hydroxylation is 2. The number of nitrogens with zero attached hydrogens (tertiary/aromatic N) is 3. The third-order valence-corrected chi connectivity index (χ3v) is 5.32. The van der Waals surface area contributed by atoms with Crippen LogP contribution in [0.15, 0.2) is 30.3 Å². The van der Waals surface area contributed by atoms with Crippen molar-refractivity contribution in [3.8, 4) is 0 Å². The highest BCUT2D eigenvalue weighted by atomic mass is 16.1. The topological polar surface area (TPSA) is 70.2 Å². The molecule has 6 nitrogen and oxygen atoms in total. The molecular weight excluding hydrogens is 350 g/mol. The van der Waals surface area contributed by atoms with E-state index in [0.717, 1.165) is 42.8 Å². The molecule has 1 aromatic heterocycles. The van der Waals surface area contributed by atoms with E-state index in [-0.39, 0.29) is 11.8 Å². The molecule has 1 saturated carbocycles. The predicted octanol–water partition coefficient (Wildman–Crippen LogP) is 3.45. The molecule has 0 atom stereocenters. The van der Waals surface area contributed by atoms with Gasteiger partial charge in [-0.15, -0.1) is 0 Å². The number of carbonyl (C=O) groups is 1. The SMILES string of the molecule is Cc1ccc(CNC(=O)C2CCC(Nc3nc(C)cc(N(C)C)n3)CC2)cc1. The monoisotopic (exact) mass is 381 g/mol. The first-order chi connectivity index (χ1) is 13.4. The first-order valence-electron chi connectivity index (χ1n) is 10.0. The van der Waals surface area contributed by atoms with Crippen molar-refractivity contribution in [2.24, 2.45) is 5.92 Å². The Morgan fingerprint density at radius 2 is 1.75 bits per heavy atom. The van der Waals surface area contributed by atoms with Crippen molar-refractivity contribution >= 4 is 17.7 Å². The molecule has 150 valence electrons. The molecule has 1 heterocycles. The molecule has 1 aliphatic rings. The molecule has 1 aliphatic carbocycles. The Hall–Kier alpha value is -2.63. The molecule has 0 unspecified atom stereocenters. The van der Waals surface area contributed by atoms with Crippen LogP contribution in [-0.4, -0.2) is 36.0 Å². The quantitative estimate of drug-likeness (QED) is 0.802. The summed E-state index contributed by atoms with van der Waals surface area (Å²) in [6, 6.07) is 10.6. The van der Waals surface area contributed by atoms with Gasteiger partial charge in [-0.05, 0) is 45.1 Å². The van der Waals surface area contributed by atoms with Gasteiger partial charge in [-0.3, -0.25) is 4.79 Å². The second kappa shape index (κ2) is 9.04. The summed E-state index contributed by atoms with van der Waals surface area (Å²) in [6.45, 7) is 4.65. The molecule has 0 spiro atoms. The lowest BCUT2D eigenvalue weighted by atomic mass is 9.85. The number of amides is 1. The van der Waals surface area contributed by atoms with Crippen molar-refractivity contribution in [1.29, 1.82) is 0 Å². The van der Waals surface area contributed by atoms with Crippen molar-refractivity contribution in [1.82, 2.24) is 15.3 Å². The van der Waals surface area contributed by atoms with Gasteiger partial charge in [0.05, 0.1) is 0 Å². The van der Waals surface area contributed by atoms with E-state index in [1.807, 2.05) is 32.0 Å². The summed E-state index contributed by atoms with van der Waals surface area (Å²) in [4.78, 5) is 23.6. The summed E-state index contributed by atoms with van der Waals surface area (Å²) in [5.74, 6) is 1.84. The number of hydrogen-bond acceptors (Lipinski definition) is 5. The lowest BCUT2D eigenvalue weighted by Crippen LogP contribution is -2.36. The molecule has 0 radical (unpaired) electrons. The maximum atomic E-state index is 12.5. The molecular formula is C22H31N5O. The fourth-order valence-corrected chi connectivity index (χ4v) is 3.57. The summed E-state index contributed by atoms with van der Waals surface area (Å²) in [5.41, 5.74) is 3.32. The number of anilines is 2. The molecule has 0 bridgehead atoms. The maximum Gasteiger partial charge on any atom is 0.225 e. The summed E-state index contributed by atoms with van der Waals surface area (Å²) in [7, 11) is 3.96. The lowest BCUT2D eigenvalue weighted by molar-refractivity contribution is -0.126. The average Bonchev–Trinajstić information content (AvgIpc) is 2.67. The van der Waals surface area contributed by atoms with Crippen molar-refractivity contribution in [2.45, 2.75) is 52.1 Å². The van der Waals surface area contributed by atoms with Crippen LogP contribution in [0.4, 0.5) is 11.8 Å². The first-order valence-corrected chi connectivity index (χ1v) is 10.0. The lowest BCUT2D eigenvalue weighted by Gasteiger charge is -2.28. The fraction of sp³-hybridized carbons (Fsp3) is 0.500. The average molecular weight is 382 g/mol. The number of carbonyl (C=O) groups excluding carboxylic acids is 1. The normalized spacial score (nSPS) is 19.1. The van der Waals surface area contributed by atoms with Crippen LogP contribution in [0.3, 0.4) is 0 Å². The molecule has 6 heteroatoms. The van der Waals surface area contributed by atoms with Crippen molar-refractivity contribution in [3.05, 3.63) is 47.2 Å². The van der Waals surface area contributed by atoms with Crippen LogP contribution >= 0.6 is 0 Å². The van der Waals surface area contributed by atoms with Gasteiger partial charge in [0.25, 0.3) is 0 Å². The van der Waals surface area contributed by atoms with Crippen LogP contribution in [0.1, 0.15) is 42.5 Å². The molecule has 0 saturated heterocycles. The summed E-state index contributed by atoms with van der Waals surface area (Å²) >= 11 is 0. The van der Waals surface area contributed by atoms with E-state index in [0.29, 0.717) is 18.5 Å². The zero-order valence-corrected chi connectivity index (χ0v) is 17.3. The van der Waals surface area contributed by atoms with Gasteiger partial charge in [-0.25, -0.2) is 4.98 Å². The van der Waals surface area contributed by atoms with Gasteiger partial charge in [0, 0.05) is 44.4 Å². The third-order valence-electron chi connectivity index (χ3n) is 5.32. The highest BCUT2D eigenvalue weighted by Gasteiger charge is 2.26. The van der Waals surface area contributed by atoms with Crippen LogP contribution in [0.2, 0.25) is 0 Å². The molecule has 1 amide bonds. The minimum Gasteiger partial charge on any atom is -0.363 e. The molecule has 2 N–H and O–H groups in total. The Bertz CT molecular complexity index is 795. The summed E-state index contributed by atoms with van der Waals surface area (Å²) in [6.07, 6.45) is 3.70. The summed E-state index contributed by atoms with van der Waals surface area (Å²) in [5, 5.41) is 6.55. The Morgan fingerprint density at radius 1 is 1.07 bits per heavy atom.